The van der Waals surface area contributed by atoms with Crippen LogP contribution in [0.1, 0.15) is 15.2 Å². The molecule has 0 unspecified atom stereocenters. The molecule has 2 aromatic rings. The number of rotatable bonds is 3. The van der Waals surface area contributed by atoms with Crippen LogP contribution in [0.3, 0.4) is 0 Å². The third-order valence-electron chi connectivity index (χ3n) is 3.17. The first kappa shape index (κ1) is 13.1. The summed E-state index contributed by atoms with van der Waals surface area (Å²) in [6.07, 6.45) is 0.520. The Hall–Kier alpha value is -1.86. The molecular formula is C13H12N2O3S2. The highest BCUT2D eigenvalue weighted by Crippen LogP contribution is 2.31. The fourth-order valence-electron chi connectivity index (χ4n) is 2.19. The summed E-state index contributed by atoms with van der Waals surface area (Å²) in [6.45, 7) is 0.149. The van der Waals surface area contributed by atoms with Gasteiger partial charge in [-0.3, -0.25) is 4.79 Å². The summed E-state index contributed by atoms with van der Waals surface area (Å²) in [5.74, 6) is -0.496. The number of hydrogen-bond acceptors (Lipinski definition) is 5. The number of thiophene rings is 1. The Morgan fingerprint density at radius 1 is 1.25 bits per heavy atom. The fraction of sp³-hybridized carbons (Fsp3) is 0.154. The van der Waals surface area contributed by atoms with Crippen molar-refractivity contribution in [1.82, 2.24) is 4.31 Å². The van der Waals surface area contributed by atoms with E-state index in [9.17, 15) is 13.2 Å². The molecule has 0 atom stereocenters. The zero-order valence-corrected chi connectivity index (χ0v) is 12.1. The normalized spacial score (nSPS) is 16.4. The van der Waals surface area contributed by atoms with Gasteiger partial charge in [0.1, 0.15) is 4.90 Å². The molecule has 1 aromatic carbocycles. The van der Waals surface area contributed by atoms with Crippen LogP contribution in [0, 0.1) is 0 Å². The Morgan fingerprint density at radius 3 is 2.75 bits per heavy atom. The lowest BCUT2D eigenvalue weighted by molar-refractivity contribution is 0.0872. The van der Waals surface area contributed by atoms with Gasteiger partial charge in [0.05, 0.1) is 5.56 Å². The molecule has 0 saturated heterocycles. The SMILES string of the molecule is Nc1ccc2c(c1)C(=O)N(CCc1cccs1)S2(=O)=O. The van der Waals surface area contributed by atoms with Crippen molar-refractivity contribution in [3.8, 4) is 0 Å². The first-order valence-corrected chi connectivity index (χ1v) is 8.31. The van der Waals surface area contributed by atoms with Crippen molar-refractivity contribution in [3.05, 3.63) is 46.2 Å². The van der Waals surface area contributed by atoms with Gasteiger partial charge in [-0.25, -0.2) is 12.7 Å². The molecule has 5 nitrogen and oxygen atoms in total. The first-order chi connectivity index (χ1) is 9.50. The summed E-state index contributed by atoms with van der Waals surface area (Å²) in [7, 11) is -3.73. The molecule has 1 aliphatic heterocycles. The van der Waals surface area contributed by atoms with E-state index in [0.29, 0.717) is 12.1 Å². The van der Waals surface area contributed by atoms with Gasteiger partial charge in [-0.15, -0.1) is 11.3 Å². The van der Waals surface area contributed by atoms with Crippen molar-refractivity contribution in [2.24, 2.45) is 0 Å². The zero-order chi connectivity index (χ0) is 14.3. The van der Waals surface area contributed by atoms with Gasteiger partial charge in [0.25, 0.3) is 15.9 Å². The Balaban J connectivity index is 1.92. The number of fused-ring (bicyclic) bond motifs is 1. The number of sulfonamides is 1. The number of amides is 1. The van der Waals surface area contributed by atoms with E-state index in [4.69, 9.17) is 5.73 Å². The zero-order valence-electron chi connectivity index (χ0n) is 10.4. The average Bonchev–Trinajstić information content (AvgIpc) is 2.96. The van der Waals surface area contributed by atoms with E-state index < -0.39 is 15.9 Å². The molecule has 7 heteroatoms. The highest BCUT2D eigenvalue weighted by atomic mass is 32.2. The highest BCUT2D eigenvalue weighted by molar-refractivity contribution is 7.90. The number of hydrogen-bond donors (Lipinski definition) is 1. The van der Waals surface area contributed by atoms with Crippen LogP contribution in [-0.4, -0.2) is 25.2 Å². The molecule has 1 aromatic heterocycles. The van der Waals surface area contributed by atoms with E-state index >= 15 is 0 Å². The molecule has 0 saturated carbocycles. The molecule has 1 aliphatic rings. The second kappa shape index (κ2) is 4.60. The summed E-state index contributed by atoms with van der Waals surface area (Å²) in [4.78, 5) is 13.3. The van der Waals surface area contributed by atoms with Crippen molar-refractivity contribution in [1.29, 1.82) is 0 Å². The van der Waals surface area contributed by atoms with Crippen molar-refractivity contribution in [2.45, 2.75) is 11.3 Å². The molecule has 2 heterocycles. The van der Waals surface area contributed by atoms with E-state index in [2.05, 4.69) is 0 Å². The van der Waals surface area contributed by atoms with Crippen LogP contribution in [0.5, 0.6) is 0 Å². The molecular weight excluding hydrogens is 296 g/mol. The summed E-state index contributed by atoms with van der Waals surface area (Å²) in [5, 5.41) is 1.92. The van der Waals surface area contributed by atoms with Crippen LogP contribution in [0.25, 0.3) is 0 Å². The Morgan fingerprint density at radius 2 is 2.05 bits per heavy atom. The minimum Gasteiger partial charge on any atom is -0.399 e. The molecule has 0 radical (unpaired) electrons. The maximum Gasteiger partial charge on any atom is 0.269 e. The number of nitrogens with two attached hydrogens (primary N) is 1. The quantitative estimate of drug-likeness (QED) is 0.875. The van der Waals surface area contributed by atoms with Gasteiger partial charge >= 0.3 is 0 Å². The number of carbonyl (C=O) groups excluding carboxylic acids is 1. The monoisotopic (exact) mass is 308 g/mol. The minimum atomic E-state index is -3.73. The first-order valence-electron chi connectivity index (χ1n) is 5.99. The third kappa shape index (κ3) is 1.99. The predicted octanol–water partition coefficient (Wildman–Crippen LogP) is 1.72. The molecule has 1 amide bonds. The van der Waals surface area contributed by atoms with Crippen molar-refractivity contribution in [2.75, 3.05) is 12.3 Å². The molecule has 0 aliphatic carbocycles. The van der Waals surface area contributed by atoms with Gasteiger partial charge in [-0.05, 0) is 29.6 Å². The molecule has 3 rings (SSSR count). The number of carbonyl (C=O) groups is 1. The largest absolute Gasteiger partial charge is 0.399 e. The van der Waals surface area contributed by atoms with Crippen LogP contribution >= 0.6 is 11.3 Å². The van der Waals surface area contributed by atoms with Gasteiger partial charge in [0.15, 0.2) is 0 Å². The van der Waals surface area contributed by atoms with Crippen molar-refractivity contribution < 1.29 is 13.2 Å². The molecule has 20 heavy (non-hydrogen) atoms. The number of nitrogens with zero attached hydrogens (tertiary/aromatic N) is 1. The van der Waals surface area contributed by atoms with E-state index in [1.54, 1.807) is 11.3 Å². The van der Waals surface area contributed by atoms with Crippen LogP contribution in [-0.2, 0) is 16.4 Å². The third-order valence-corrected chi connectivity index (χ3v) is 5.95. The highest BCUT2D eigenvalue weighted by Gasteiger charge is 2.40. The summed E-state index contributed by atoms with van der Waals surface area (Å²) in [6, 6.07) is 8.12. The number of benzene rings is 1. The molecule has 0 spiro atoms. The second-order valence-corrected chi connectivity index (χ2v) is 7.33. The summed E-state index contributed by atoms with van der Waals surface area (Å²) >= 11 is 1.54. The van der Waals surface area contributed by atoms with Gasteiger partial charge in [0, 0.05) is 23.5 Å². The topological polar surface area (TPSA) is 80.5 Å². The van der Waals surface area contributed by atoms with E-state index in [1.165, 1.54) is 18.2 Å². The standard InChI is InChI=1S/C13H12N2O3S2/c14-9-3-4-12-11(8-9)13(16)15(20(12,17)18)6-5-10-2-1-7-19-10/h1-4,7-8H,5-6,14H2. The Labute approximate surface area is 120 Å². The van der Waals surface area contributed by atoms with E-state index in [-0.39, 0.29) is 17.0 Å². The number of anilines is 1. The lowest BCUT2D eigenvalue weighted by atomic mass is 10.2. The van der Waals surface area contributed by atoms with E-state index in [1.807, 2.05) is 17.5 Å². The Kier molecular flexibility index (Phi) is 3.02. The summed E-state index contributed by atoms with van der Waals surface area (Å²) in [5.41, 5.74) is 6.16. The van der Waals surface area contributed by atoms with Gasteiger partial charge < -0.3 is 5.73 Å². The maximum atomic E-state index is 12.3. The van der Waals surface area contributed by atoms with Crippen LogP contribution in [0.15, 0.2) is 40.6 Å². The van der Waals surface area contributed by atoms with Crippen LogP contribution in [0.4, 0.5) is 5.69 Å². The fourth-order valence-corrected chi connectivity index (χ4v) is 4.44. The predicted molar refractivity (Wildman–Crippen MR) is 77.1 cm³/mol. The van der Waals surface area contributed by atoms with E-state index in [0.717, 1.165) is 9.18 Å². The van der Waals surface area contributed by atoms with Crippen LogP contribution in [0.2, 0.25) is 0 Å². The molecule has 0 bridgehead atoms. The summed E-state index contributed by atoms with van der Waals surface area (Å²) < 4.78 is 25.6. The smallest absolute Gasteiger partial charge is 0.269 e. The van der Waals surface area contributed by atoms with Crippen molar-refractivity contribution >= 4 is 33.0 Å². The molecule has 2 N–H and O–H groups in total. The number of nitrogen functional groups attached to an aromatic ring is 1. The average molecular weight is 308 g/mol. The maximum absolute atomic E-state index is 12.3. The molecule has 104 valence electrons. The van der Waals surface area contributed by atoms with Gasteiger partial charge in [-0.1, -0.05) is 6.07 Å². The lowest BCUT2D eigenvalue weighted by Gasteiger charge is -2.14. The van der Waals surface area contributed by atoms with Gasteiger partial charge in [0.2, 0.25) is 0 Å². The van der Waals surface area contributed by atoms with Crippen LogP contribution < -0.4 is 5.73 Å². The molecule has 0 fully saturated rings. The lowest BCUT2D eigenvalue weighted by Crippen LogP contribution is -2.31. The van der Waals surface area contributed by atoms with Crippen molar-refractivity contribution in [3.63, 3.8) is 0 Å². The minimum absolute atomic E-state index is 0.0443. The second-order valence-electron chi connectivity index (χ2n) is 4.47. The Bertz CT molecular complexity index is 767. The van der Waals surface area contributed by atoms with Gasteiger partial charge in [-0.2, -0.15) is 0 Å².